The van der Waals surface area contributed by atoms with Gasteiger partial charge in [0.1, 0.15) is 0 Å². The van der Waals surface area contributed by atoms with Crippen LogP contribution in [0.25, 0.3) is 0 Å². The van der Waals surface area contributed by atoms with Crippen LogP contribution < -0.4 is 10.5 Å². The minimum absolute atomic E-state index is 0.0846. The minimum Gasteiger partial charge on any atom is -0.326 e. The van der Waals surface area contributed by atoms with E-state index in [1.165, 1.54) is 11.3 Å². The van der Waals surface area contributed by atoms with Crippen LogP contribution >= 0.6 is 11.3 Å². The molecule has 1 unspecified atom stereocenters. The molecular formula is C11H21N3O2S2. The number of thiophene rings is 1. The van der Waals surface area contributed by atoms with Gasteiger partial charge in [-0.1, -0.05) is 0 Å². The highest BCUT2D eigenvalue weighted by Gasteiger charge is 2.18. The number of hydrogen-bond donors (Lipinski definition) is 2. The summed E-state index contributed by atoms with van der Waals surface area (Å²) in [7, 11) is 0.521. The van der Waals surface area contributed by atoms with E-state index < -0.39 is 10.0 Å². The van der Waals surface area contributed by atoms with Crippen molar-refractivity contribution in [2.24, 2.45) is 5.73 Å². The molecule has 0 aromatic carbocycles. The average Bonchev–Trinajstić information content (AvgIpc) is 2.75. The first kappa shape index (κ1) is 15.6. The third kappa shape index (κ3) is 4.66. The summed E-state index contributed by atoms with van der Waals surface area (Å²) in [6, 6.07) is 1.55. The van der Waals surface area contributed by atoms with Crippen LogP contribution in [-0.2, 0) is 16.6 Å². The Kier molecular flexibility index (Phi) is 5.74. The fraction of sp³-hybridized carbons (Fsp3) is 0.636. The van der Waals surface area contributed by atoms with Crippen molar-refractivity contribution in [3.63, 3.8) is 0 Å². The standard InChI is InChI=1S/C11H21N3O2S2/c1-9(4-5-14(2)3)13-18(15,16)11-6-10(7-12)17-8-11/h6,8-9,13H,4-5,7,12H2,1-3H3. The van der Waals surface area contributed by atoms with E-state index in [1.54, 1.807) is 11.4 Å². The zero-order valence-electron chi connectivity index (χ0n) is 11.0. The van der Waals surface area contributed by atoms with E-state index in [-0.39, 0.29) is 6.04 Å². The second-order valence-corrected chi connectivity index (χ2v) is 7.28. The molecule has 1 heterocycles. The van der Waals surface area contributed by atoms with Crippen LogP contribution in [-0.4, -0.2) is 40.0 Å². The molecule has 1 atom stereocenters. The number of sulfonamides is 1. The first-order valence-electron chi connectivity index (χ1n) is 5.79. The van der Waals surface area contributed by atoms with Crippen LogP contribution in [0.5, 0.6) is 0 Å². The average molecular weight is 291 g/mol. The molecule has 3 N–H and O–H groups in total. The van der Waals surface area contributed by atoms with Crippen molar-refractivity contribution in [3.8, 4) is 0 Å². The van der Waals surface area contributed by atoms with Crippen LogP contribution in [0.4, 0.5) is 0 Å². The van der Waals surface area contributed by atoms with Gasteiger partial charge in [-0.3, -0.25) is 0 Å². The lowest BCUT2D eigenvalue weighted by atomic mass is 10.2. The molecule has 0 bridgehead atoms. The van der Waals surface area contributed by atoms with E-state index in [0.717, 1.165) is 17.8 Å². The lowest BCUT2D eigenvalue weighted by molar-refractivity contribution is 0.379. The van der Waals surface area contributed by atoms with Gasteiger partial charge in [0.15, 0.2) is 0 Å². The Morgan fingerprint density at radius 1 is 1.50 bits per heavy atom. The van der Waals surface area contributed by atoms with Crippen molar-refractivity contribution >= 4 is 21.4 Å². The molecule has 0 spiro atoms. The largest absolute Gasteiger partial charge is 0.326 e. The summed E-state index contributed by atoms with van der Waals surface area (Å²) < 4.78 is 26.8. The molecule has 18 heavy (non-hydrogen) atoms. The first-order valence-corrected chi connectivity index (χ1v) is 8.16. The Morgan fingerprint density at radius 3 is 2.67 bits per heavy atom. The van der Waals surface area contributed by atoms with Crippen LogP contribution in [0, 0.1) is 0 Å². The van der Waals surface area contributed by atoms with E-state index in [0.29, 0.717) is 11.4 Å². The Morgan fingerprint density at radius 2 is 2.17 bits per heavy atom. The summed E-state index contributed by atoms with van der Waals surface area (Å²) in [5.74, 6) is 0. The van der Waals surface area contributed by atoms with E-state index >= 15 is 0 Å². The Labute approximate surface area is 113 Å². The monoisotopic (exact) mass is 291 g/mol. The van der Waals surface area contributed by atoms with Gasteiger partial charge in [0.05, 0.1) is 4.90 Å². The number of nitrogens with two attached hydrogens (primary N) is 1. The predicted molar refractivity (Wildman–Crippen MR) is 75.2 cm³/mol. The smallest absolute Gasteiger partial charge is 0.241 e. The van der Waals surface area contributed by atoms with Crippen molar-refractivity contribution in [3.05, 3.63) is 16.3 Å². The lowest BCUT2D eigenvalue weighted by Gasteiger charge is -2.16. The second kappa shape index (κ2) is 6.63. The van der Waals surface area contributed by atoms with Crippen LogP contribution in [0.15, 0.2) is 16.3 Å². The number of rotatable bonds is 7. The maximum Gasteiger partial charge on any atom is 0.241 e. The van der Waals surface area contributed by atoms with Crippen molar-refractivity contribution in [2.75, 3.05) is 20.6 Å². The van der Waals surface area contributed by atoms with Crippen LogP contribution in [0.3, 0.4) is 0 Å². The predicted octanol–water partition coefficient (Wildman–Crippen LogP) is 0.825. The van der Waals surface area contributed by atoms with Gasteiger partial charge in [0.25, 0.3) is 0 Å². The van der Waals surface area contributed by atoms with Gasteiger partial charge in [0, 0.05) is 22.8 Å². The fourth-order valence-electron chi connectivity index (χ4n) is 1.45. The third-order valence-corrected chi connectivity index (χ3v) is 5.18. The number of hydrogen-bond acceptors (Lipinski definition) is 5. The van der Waals surface area contributed by atoms with Gasteiger partial charge in [-0.25, -0.2) is 13.1 Å². The molecule has 0 fully saturated rings. The van der Waals surface area contributed by atoms with Crippen molar-refractivity contribution in [2.45, 2.75) is 30.8 Å². The summed E-state index contributed by atoms with van der Waals surface area (Å²) in [6.45, 7) is 3.09. The van der Waals surface area contributed by atoms with Gasteiger partial charge < -0.3 is 10.6 Å². The normalized spacial score (nSPS) is 14.1. The molecule has 1 rings (SSSR count). The van der Waals surface area contributed by atoms with Gasteiger partial charge in [-0.2, -0.15) is 0 Å². The highest BCUT2D eigenvalue weighted by atomic mass is 32.2. The second-order valence-electron chi connectivity index (χ2n) is 4.57. The van der Waals surface area contributed by atoms with Gasteiger partial charge in [-0.05, 0) is 40.1 Å². The van der Waals surface area contributed by atoms with Crippen molar-refractivity contribution in [1.82, 2.24) is 9.62 Å². The molecule has 0 radical (unpaired) electrons. The minimum atomic E-state index is -3.41. The lowest BCUT2D eigenvalue weighted by Crippen LogP contribution is -2.34. The molecule has 0 aliphatic rings. The fourth-order valence-corrected chi connectivity index (χ4v) is 3.89. The molecule has 0 saturated heterocycles. The van der Waals surface area contributed by atoms with E-state index in [1.807, 2.05) is 25.9 Å². The van der Waals surface area contributed by atoms with Crippen molar-refractivity contribution < 1.29 is 8.42 Å². The van der Waals surface area contributed by atoms with Gasteiger partial charge in [0.2, 0.25) is 10.0 Å². The zero-order valence-corrected chi connectivity index (χ0v) is 12.6. The molecule has 1 aromatic heterocycles. The topological polar surface area (TPSA) is 75.4 Å². The summed E-state index contributed by atoms with van der Waals surface area (Å²) >= 11 is 1.37. The first-order chi connectivity index (χ1) is 8.35. The molecule has 7 heteroatoms. The molecule has 0 amide bonds. The maximum atomic E-state index is 12.1. The van der Waals surface area contributed by atoms with E-state index in [4.69, 9.17) is 5.73 Å². The SMILES string of the molecule is CC(CCN(C)C)NS(=O)(=O)c1csc(CN)c1. The number of nitrogens with one attached hydrogen (secondary N) is 1. The van der Waals surface area contributed by atoms with E-state index in [9.17, 15) is 8.42 Å². The maximum absolute atomic E-state index is 12.1. The highest BCUT2D eigenvalue weighted by molar-refractivity contribution is 7.89. The summed E-state index contributed by atoms with van der Waals surface area (Å²) in [5.41, 5.74) is 5.48. The summed E-state index contributed by atoms with van der Waals surface area (Å²) in [4.78, 5) is 3.21. The quantitative estimate of drug-likeness (QED) is 0.780. The van der Waals surface area contributed by atoms with E-state index in [2.05, 4.69) is 4.72 Å². The Balaban J connectivity index is 2.64. The molecule has 104 valence electrons. The summed E-state index contributed by atoms with van der Waals surface area (Å²) in [6.07, 6.45) is 0.778. The molecule has 5 nitrogen and oxygen atoms in total. The highest BCUT2D eigenvalue weighted by Crippen LogP contribution is 2.19. The molecule has 1 aromatic rings. The van der Waals surface area contributed by atoms with Crippen molar-refractivity contribution in [1.29, 1.82) is 0 Å². The molecule has 0 saturated carbocycles. The summed E-state index contributed by atoms with van der Waals surface area (Å²) in [5, 5.41) is 1.63. The Bertz CT molecular complexity index is 468. The van der Waals surface area contributed by atoms with Crippen LogP contribution in [0.1, 0.15) is 18.2 Å². The third-order valence-electron chi connectivity index (χ3n) is 2.51. The Hall–Kier alpha value is -0.470. The molecular weight excluding hydrogens is 270 g/mol. The number of nitrogens with zero attached hydrogens (tertiary/aromatic N) is 1. The van der Waals surface area contributed by atoms with Crippen LogP contribution in [0.2, 0.25) is 0 Å². The molecule has 0 aliphatic carbocycles. The van der Waals surface area contributed by atoms with Gasteiger partial charge >= 0.3 is 0 Å². The van der Waals surface area contributed by atoms with Gasteiger partial charge in [-0.15, -0.1) is 11.3 Å². The molecule has 0 aliphatic heterocycles. The zero-order chi connectivity index (χ0) is 13.8.